The second kappa shape index (κ2) is 4.04. The van der Waals surface area contributed by atoms with Gasteiger partial charge in [0, 0.05) is 24.7 Å². The number of nitrogens with two attached hydrogens (primary N) is 1. The predicted molar refractivity (Wildman–Crippen MR) is 63.8 cm³/mol. The fourth-order valence-electron chi connectivity index (χ4n) is 3.42. The molecule has 0 aromatic rings. The van der Waals surface area contributed by atoms with Crippen molar-refractivity contribution in [2.24, 2.45) is 11.7 Å². The first-order chi connectivity index (χ1) is 7.10. The van der Waals surface area contributed by atoms with Crippen LogP contribution in [0.4, 0.5) is 0 Å². The third-order valence-electron chi connectivity index (χ3n) is 4.72. The quantitative estimate of drug-likeness (QED) is 0.748. The Morgan fingerprint density at radius 1 is 1.47 bits per heavy atom. The summed E-state index contributed by atoms with van der Waals surface area (Å²) in [5.41, 5.74) is 6.38. The maximum Gasteiger partial charge on any atom is 0.0384 e. The molecule has 3 atom stereocenters. The van der Waals surface area contributed by atoms with E-state index in [2.05, 4.69) is 30.7 Å². The molecule has 2 saturated heterocycles. The molecular formula is C12H25N3. The van der Waals surface area contributed by atoms with Crippen LogP contribution in [-0.2, 0) is 0 Å². The highest BCUT2D eigenvalue weighted by Crippen LogP contribution is 2.39. The normalized spacial score (nSPS) is 40.4. The average Bonchev–Trinajstić information content (AvgIpc) is 2.63. The molecule has 0 saturated carbocycles. The first-order valence-corrected chi connectivity index (χ1v) is 6.25. The van der Waals surface area contributed by atoms with Gasteiger partial charge in [0.25, 0.3) is 0 Å². The van der Waals surface area contributed by atoms with Crippen LogP contribution in [-0.4, -0.2) is 54.6 Å². The monoisotopic (exact) mass is 211 g/mol. The van der Waals surface area contributed by atoms with Crippen molar-refractivity contribution < 1.29 is 0 Å². The lowest BCUT2D eigenvalue weighted by molar-refractivity contribution is 0.00686. The highest BCUT2D eigenvalue weighted by Gasteiger charge is 2.48. The minimum atomic E-state index is 0.279. The topological polar surface area (TPSA) is 32.5 Å². The molecule has 0 spiro atoms. The predicted octanol–water partition coefficient (Wildman–Crippen LogP) is 0.750. The van der Waals surface area contributed by atoms with E-state index in [1.54, 1.807) is 0 Å². The molecule has 2 heterocycles. The second-order valence-corrected chi connectivity index (χ2v) is 5.55. The molecule has 3 nitrogen and oxygen atoms in total. The standard InChI is InChI=1S/C12H25N3/c1-10(2)14(3)12(9-13)5-7-15-6-4-11(12)8-15/h10-11H,4-9,13H2,1-3H3. The Balaban J connectivity index is 2.20. The highest BCUT2D eigenvalue weighted by molar-refractivity contribution is 5.05. The molecule has 0 aliphatic carbocycles. The Morgan fingerprint density at radius 2 is 2.20 bits per heavy atom. The van der Waals surface area contributed by atoms with Crippen molar-refractivity contribution in [2.45, 2.75) is 38.3 Å². The van der Waals surface area contributed by atoms with E-state index in [4.69, 9.17) is 5.73 Å². The number of nitrogens with zero attached hydrogens (tertiary/aromatic N) is 2. The molecule has 2 rings (SSSR count). The van der Waals surface area contributed by atoms with E-state index in [9.17, 15) is 0 Å². The van der Waals surface area contributed by atoms with Crippen molar-refractivity contribution in [2.75, 3.05) is 33.2 Å². The van der Waals surface area contributed by atoms with Crippen molar-refractivity contribution >= 4 is 0 Å². The Labute approximate surface area is 93.6 Å². The summed E-state index contributed by atoms with van der Waals surface area (Å²) in [4.78, 5) is 5.12. The minimum absolute atomic E-state index is 0.279. The van der Waals surface area contributed by atoms with E-state index in [0.717, 1.165) is 12.5 Å². The van der Waals surface area contributed by atoms with Crippen LogP contribution in [0.3, 0.4) is 0 Å². The van der Waals surface area contributed by atoms with Gasteiger partial charge >= 0.3 is 0 Å². The van der Waals surface area contributed by atoms with Crippen LogP contribution >= 0.6 is 0 Å². The molecule has 2 aliphatic rings. The van der Waals surface area contributed by atoms with Gasteiger partial charge in [-0.1, -0.05) is 0 Å². The Hall–Kier alpha value is -0.120. The summed E-state index contributed by atoms with van der Waals surface area (Å²) >= 11 is 0. The SMILES string of the molecule is CC(C)N(C)C1(CN)CCN2CCC1C2. The number of hydrogen-bond acceptors (Lipinski definition) is 3. The smallest absolute Gasteiger partial charge is 0.0384 e. The van der Waals surface area contributed by atoms with Crippen LogP contribution in [0.2, 0.25) is 0 Å². The molecule has 2 fully saturated rings. The molecule has 88 valence electrons. The van der Waals surface area contributed by atoms with E-state index in [0.29, 0.717) is 6.04 Å². The minimum Gasteiger partial charge on any atom is -0.329 e. The zero-order valence-electron chi connectivity index (χ0n) is 10.4. The summed E-state index contributed by atoms with van der Waals surface area (Å²) in [6.45, 7) is 9.18. The van der Waals surface area contributed by atoms with Crippen LogP contribution in [0.1, 0.15) is 26.7 Å². The maximum absolute atomic E-state index is 6.10. The third-order valence-corrected chi connectivity index (χ3v) is 4.72. The molecule has 0 aromatic heterocycles. The number of hydrogen-bond donors (Lipinski definition) is 1. The molecular weight excluding hydrogens is 186 g/mol. The van der Waals surface area contributed by atoms with Gasteiger partial charge in [-0.2, -0.15) is 0 Å². The summed E-state index contributed by atoms with van der Waals surface area (Å²) in [5, 5.41) is 0. The molecule has 3 heteroatoms. The zero-order chi connectivity index (χ0) is 11.1. The van der Waals surface area contributed by atoms with Crippen molar-refractivity contribution in [3.63, 3.8) is 0 Å². The van der Waals surface area contributed by atoms with Crippen LogP contribution < -0.4 is 5.73 Å². The summed E-state index contributed by atoms with van der Waals surface area (Å²) in [5.74, 6) is 0.795. The van der Waals surface area contributed by atoms with E-state index in [1.165, 1.54) is 32.5 Å². The van der Waals surface area contributed by atoms with Crippen molar-refractivity contribution in [3.05, 3.63) is 0 Å². The van der Waals surface area contributed by atoms with Crippen molar-refractivity contribution in [3.8, 4) is 0 Å². The maximum atomic E-state index is 6.10. The molecule has 0 radical (unpaired) electrons. The van der Waals surface area contributed by atoms with E-state index in [-0.39, 0.29) is 5.54 Å². The van der Waals surface area contributed by atoms with Gasteiger partial charge in [-0.25, -0.2) is 0 Å². The number of piperidine rings is 1. The van der Waals surface area contributed by atoms with Gasteiger partial charge in [-0.05, 0) is 52.7 Å². The molecule has 2 N–H and O–H groups in total. The zero-order valence-corrected chi connectivity index (χ0v) is 10.4. The van der Waals surface area contributed by atoms with Gasteiger partial charge in [0.1, 0.15) is 0 Å². The van der Waals surface area contributed by atoms with Crippen LogP contribution in [0.25, 0.3) is 0 Å². The Morgan fingerprint density at radius 3 is 2.80 bits per heavy atom. The lowest BCUT2D eigenvalue weighted by atomic mass is 9.77. The largest absolute Gasteiger partial charge is 0.329 e. The summed E-state index contributed by atoms with van der Waals surface area (Å²) < 4.78 is 0. The first-order valence-electron chi connectivity index (χ1n) is 6.25. The van der Waals surface area contributed by atoms with Gasteiger partial charge in [0.15, 0.2) is 0 Å². The molecule has 0 amide bonds. The summed E-state index contributed by atoms with van der Waals surface area (Å²) in [6.07, 6.45) is 2.59. The second-order valence-electron chi connectivity index (χ2n) is 5.55. The van der Waals surface area contributed by atoms with Gasteiger partial charge in [0.05, 0.1) is 0 Å². The average molecular weight is 211 g/mol. The number of fused-ring (bicyclic) bond motifs is 2. The number of likely N-dealkylation sites (N-methyl/N-ethyl adjacent to an activating group) is 1. The van der Waals surface area contributed by atoms with E-state index < -0.39 is 0 Å². The van der Waals surface area contributed by atoms with Crippen LogP contribution in [0, 0.1) is 5.92 Å². The van der Waals surface area contributed by atoms with E-state index >= 15 is 0 Å². The number of rotatable bonds is 3. The first kappa shape index (κ1) is 11.4. The molecule has 2 bridgehead atoms. The Kier molecular flexibility index (Phi) is 3.06. The molecule has 0 aromatic carbocycles. The van der Waals surface area contributed by atoms with Crippen molar-refractivity contribution in [1.82, 2.24) is 9.80 Å². The van der Waals surface area contributed by atoms with Gasteiger partial charge < -0.3 is 10.6 Å². The van der Waals surface area contributed by atoms with Gasteiger partial charge in [-0.3, -0.25) is 4.90 Å². The fourth-order valence-corrected chi connectivity index (χ4v) is 3.42. The van der Waals surface area contributed by atoms with Gasteiger partial charge in [-0.15, -0.1) is 0 Å². The lowest BCUT2D eigenvalue weighted by Crippen LogP contribution is -2.62. The summed E-state index contributed by atoms with van der Waals surface area (Å²) in [6, 6.07) is 0.598. The van der Waals surface area contributed by atoms with Crippen molar-refractivity contribution in [1.29, 1.82) is 0 Å². The summed E-state index contributed by atoms with van der Waals surface area (Å²) in [7, 11) is 2.26. The molecule has 3 unspecified atom stereocenters. The van der Waals surface area contributed by atoms with Gasteiger partial charge in [0.2, 0.25) is 0 Å². The Bertz CT molecular complexity index is 225. The van der Waals surface area contributed by atoms with Crippen LogP contribution in [0.15, 0.2) is 0 Å². The highest BCUT2D eigenvalue weighted by atomic mass is 15.3. The molecule has 15 heavy (non-hydrogen) atoms. The molecule has 2 aliphatic heterocycles. The van der Waals surface area contributed by atoms with E-state index in [1.807, 2.05) is 0 Å². The lowest BCUT2D eigenvalue weighted by Gasteiger charge is -2.50. The third kappa shape index (κ3) is 1.71. The van der Waals surface area contributed by atoms with Crippen LogP contribution in [0.5, 0.6) is 0 Å². The fraction of sp³-hybridized carbons (Fsp3) is 1.00.